The molecule has 0 aliphatic carbocycles. The summed E-state index contributed by atoms with van der Waals surface area (Å²) in [5.41, 5.74) is 4.63. The Morgan fingerprint density at radius 3 is 2.48 bits per heavy atom. The van der Waals surface area contributed by atoms with Gasteiger partial charge in [0.2, 0.25) is 0 Å². The van der Waals surface area contributed by atoms with Crippen molar-refractivity contribution in [3.8, 4) is 11.3 Å². The molecule has 1 aliphatic heterocycles. The van der Waals surface area contributed by atoms with E-state index in [1.54, 1.807) is 12.1 Å². The molecule has 4 aromatic rings. The second-order valence-electron chi connectivity index (χ2n) is 8.70. The molecule has 5 rings (SSSR count). The van der Waals surface area contributed by atoms with Crippen LogP contribution >= 0.6 is 0 Å². The minimum absolute atomic E-state index is 0.0766. The van der Waals surface area contributed by atoms with Crippen LogP contribution in [0.3, 0.4) is 0 Å². The number of furan rings is 1. The number of benzene rings is 3. The zero-order valence-electron chi connectivity index (χ0n) is 18.6. The number of carbonyl (C=O) groups is 1. The largest absolute Gasteiger partial charge is 0.469 e. The molecule has 3 aromatic carbocycles. The minimum Gasteiger partial charge on any atom is -0.469 e. The van der Waals surface area contributed by atoms with E-state index < -0.39 is 0 Å². The summed E-state index contributed by atoms with van der Waals surface area (Å²) in [6.07, 6.45) is 1.92. The average Bonchev–Trinajstić information content (AvgIpc) is 3.23. The molecule has 1 saturated heterocycles. The monoisotopic (exact) mass is 443 g/mol. The van der Waals surface area contributed by atoms with E-state index in [0.717, 1.165) is 29.4 Å². The van der Waals surface area contributed by atoms with Crippen molar-refractivity contribution in [3.05, 3.63) is 95.3 Å². The van der Waals surface area contributed by atoms with Crippen LogP contribution in [0.15, 0.2) is 77.2 Å². The number of ether oxygens (including phenoxy) is 1. The molecule has 0 spiro atoms. The highest BCUT2D eigenvalue weighted by Gasteiger charge is 2.33. The van der Waals surface area contributed by atoms with Crippen molar-refractivity contribution >= 4 is 16.9 Å². The molecule has 4 nitrogen and oxygen atoms in total. The maximum absolute atomic E-state index is 14.9. The summed E-state index contributed by atoms with van der Waals surface area (Å²) < 4.78 is 25.7. The Bertz CT molecular complexity index is 1280. The van der Waals surface area contributed by atoms with Crippen LogP contribution in [0, 0.1) is 11.7 Å². The highest BCUT2D eigenvalue weighted by Crippen LogP contribution is 2.31. The van der Waals surface area contributed by atoms with Crippen molar-refractivity contribution in [1.82, 2.24) is 4.90 Å². The highest BCUT2D eigenvalue weighted by atomic mass is 19.1. The fourth-order valence-electron chi connectivity index (χ4n) is 4.44. The Kier molecular flexibility index (Phi) is 5.97. The van der Waals surface area contributed by atoms with E-state index in [-0.39, 0.29) is 17.7 Å². The van der Waals surface area contributed by atoms with Crippen LogP contribution < -0.4 is 0 Å². The Morgan fingerprint density at radius 1 is 0.970 bits per heavy atom. The summed E-state index contributed by atoms with van der Waals surface area (Å²) in [6, 6.07) is 23.7. The van der Waals surface area contributed by atoms with E-state index in [1.165, 1.54) is 18.2 Å². The fraction of sp³-hybridized carbons (Fsp3) is 0.250. The number of methoxy groups -OCH3 is 1. The molecule has 0 atom stereocenters. The SMILES string of the molecule is COC(=O)C1CN(Cc2ccc(-c3cc4cc(CCc5ccccc5)ccc4o3)c(F)c2)C1. The molecule has 1 aromatic heterocycles. The number of carbonyl (C=O) groups excluding carboxylic acids is 1. The van der Waals surface area contributed by atoms with Gasteiger partial charge >= 0.3 is 5.97 Å². The van der Waals surface area contributed by atoms with Gasteiger partial charge in [0, 0.05) is 25.0 Å². The molecule has 2 heterocycles. The van der Waals surface area contributed by atoms with Gasteiger partial charge < -0.3 is 9.15 Å². The minimum atomic E-state index is -0.305. The molecule has 5 heteroatoms. The van der Waals surface area contributed by atoms with E-state index in [9.17, 15) is 9.18 Å². The maximum atomic E-state index is 14.9. The Labute approximate surface area is 192 Å². The first-order valence-electron chi connectivity index (χ1n) is 11.2. The van der Waals surface area contributed by atoms with Crippen molar-refractivity contribution in [2.45, 2.75) is 19.4 Å². The lowest BCUT2D eigenvalue weighted by molar-refractivity contribution is -0.151. The number of fused-ring (bicyclic) bond motifs is 1. The third kappa shape index (κ3) is 4.69. The van der Waals surface area contributed by atoms with Gasteiger partial charge in [-0.25, -0.2) is 4.39 Å². The lowest BCUT2D eigenvalue weighted by atomic mass is 9.99. The molecule has 0 saturated carbocycles. The first-order chi connectivity index (χ1) is 16.1. The van der Waals surface area contributed by atoms with Gasteiger partial charge in [0.15, 0.2) is 0 Å². The fourth-order valence-corrected chi connectivity index (χ4v) is 4.44. The van der Waals surface area contributed by atoms with E-state index >= 15 is 0 Å². The first kappa shape index (κ1) is 21.4. The summed E-state index contributed by atoms with van der Waals surface area (Å²) >= 11 is 0. The zero-order valence-corrected chi connectivity index (χ0v) is 18.6. The summed E-state index contributed by atoms with van der Waals surface area (Å²) in [4.78, 5) is 13.6. The van der Waals surface area contributed by atoms with E-state index in [4.69, 9.17) is 9.15 Å². The normalized spacial score (nSPS) is 14.4. The van der Waals surface area contributed by atoms with Gasteiger partial charge in [-0.15, -0.1) is 0 Å². The second kappa shape index (κ2) is 9.20. The molecule has 0 amide bonds. The standard InChI is InChI=1S/C28H26FNO3/c1-32-28(31)23-17-30(18-23)16-21-9-11-24(25(29)14-21)27-15-22-13-20(10-12-26(22)33-27)8-7-19-5-3-2-4-6-19/h2-6,9-15,23H,7-8,16-18H2,1H3. The van der Waals surface area contributed by atoms with Crippen molar-refractivity contribution in [2.24, 2.45) is 5.92 Å². The number of esters is 1. The van der Waals surface area contributed by atoms with Crippen molar-refractivity contribution < 1.29 is 18.3 Å². The summed E-state index contributed by atoms with van der Waals surface area (Å²) in [5.74, 6) is -0.0296. The van der Waals surface area contributed by atoms with Gasteiger partial charge in [0.25, 0.3) is 0 Å². The van der Waals surface area contributed by atoms with Crippen LogP contribution in [0.5, 0.6) is 0 Å². The predicted octanol–water partition coefficient (Wildman–Crippen LogP) is 5.63. The number of likely N-dealkylation sites (tertiary alicyclic amines) is 1. The zero-order chi connectivity index (χ0) is 22.8. The van der Waals surface area contributed by atoms with Crippen LogP contribution in [0.25, 0.3) is 22.3 Å². The number of nitrogens with zero attached hydrogens (tertiary/aromatic N) is 1. The smallest absolute Gasteiger partial charge is 0.311 e. The van der Waals surface area contributed by atoms with Crippen LogP contribution in [-0.2, 0) is 28.9 Å². The van der Waals surface area contributed by atoms with E-state index in [1.807, 2.05) is 24.3 Å². The Balaban J connectivity index is 1.27. The molecule has 0 N–H and O–H groups in total. The molecular formula is C28H26FNO3. The first-order valence-corrected chi connectivity index (χ1v) is 11.2. The van der Waals surface area contributed by atoms with Gasteiger partial charge in [0.05, 0.1) is 18.6 Å². The van der Waals surface area contributed by atoms with Gasteiger partial charge in [-0.3, -0.25) is 9.69 Å². The molecule has 1 aliphatic rings. The third-order valence-electron chi connectivity index (χ3n) is 6.32. The number of aryl methyl sites for hydroxylation is 2. The molecular weight excluding hydrogens is 417 g/mol. The van der Waals surface area contributed by atoms with Crippen LogP contribution in [0.1, 0.15) is 16.7 Å². The van der Waals surface area contributed by atoms with Gasteiger partial charge in [-0.2, -0.15) is 0 Å². The molecule has 33 heavy (non-hydrogen) atoms. The van der Waals surface area contributed by atoms with Crippen LogP contribution in [0.4, 0.5) is 4.39 Å². The molecule has 0 bridgehead atoms. The quantitative estimate of drug-likeness (QED) is 0.347. The molecule has 0 radical (unpaired) electrons. The van der Waals surface area contributed by atoms with Crippen LogP contribution in [0.2, 0.25) is 0 Å². The number of rotatable bonds is 7. The molecule has 168 valence electrons. The number of halogens is 1. The second-order valence-corrected chi connectivity index (χ2v) is 8.70. The Morgan fingerprint density at radius 2 is 1.73 bits per heavy atom. The van der Waals surface area contributed by atoms with Gasteiger partial charge in [-0.1, -0.05) is 42.5 Å². The van der Waals surface area contributed by atoms with Gasteiger partial charge in [0.1, 0.15) is 17.2 Å². The topological polar surface area (TPSA) is 42.7 Å². The van der Waals surface area contributed by atoms with Crippen molar-refractivity contribution in [2.75, 3.05) is 20.2 Å². The number of hydrogen-bond acceptors (Lipinski definition) is 4. The molecule has 0 unspecified atom stereocenters. The average molecular weight is 444 g/mol. The van der Waals surface area contributed by atoms with Crippen molar-refractivity contribution in [1.29, 1.82) is 0 Å². The van der Waals surface area contributed by atoms with Crippen molar-refractivity contribution in [3.63, 3.8) is 0 Å². The summed E-state index contributed by atoms with van der Waals surface area (Å²) in [6.45, 7) is 1.90. The van der Waals surface area contributed by atoms with E-state index in [0.29, 0.717) is 31.0 Å². The molecule has 1 fully saturated rings. The van der Waals surface area contributed by atoms with Crippen LogP contribution in [-0.4, -0.2) is 31.1 Å². The number of hydrogen-bond donors (Lipinski definition) is 0. The predicted molar refractivity (Wildman–Crippen MR) is 126 cm³/mol. The lowest BCUT2D eigenvalue weighted by Gasteiger charge is -2.37. The summed E-state index contributed by atoms with van der Waals surface area (Å²) in [7, 11) is 1.41. The summed E-state index contributed by atoms with van der Waals surface area (Å²) in [5, 5.41) is 0.980. The maximum Gasteiger partial charge on any atom is 0.311 e. The van der Waals surface area contributed by atoms with E-state index in [2.05, 4.69) is 41.3 Å². The Hall–Kier alpha value is -3.44. The van der Waals surface area contributed by atoms with Gasteiger partial charge in [-0.05, 0) is 59.9 Å². The third-order valence-corrected chi connectivity index (χ3v) is 6.32. The lowest BCUT2D eigenvalue weighted by Crippen LogP contribution is -2.49. The highest BCUT2D eigenvalue weighted by molar-refractivity contribution is 5.83.